The highest BCUT2D eigenvalue weighted by molar-refractivity contribution is 6.01. The van der Waals surface area contributed by atoms with Gasteiger partial charge in [0.25, 0.3) is 0 Å². The van der Waals surface area contributed by atoms with Crippen LogP contribution in [0.2, 0.25) is 0 Å². The summed E-state index contributed by atoms with van der Waals surface area (Å²) in [4.78, 5) is 22.0. The van der Waals surface area contributed by atoms with Crippen LogP contribution in [0.3, 0.4) is 0 Å². The largest absolute Gasteiger partial charge is 0.480 e. The first-order valence-corrected chi connectivity index (χ1v) is 4.95. The van der Waals surface area contributed by atoms with Crippen LogP contribution in [0.5, 0.6) is 0 Å². The lowest BCUT2D eigenvalue weighted by molar-refractivity contribution is -0.143. The van der Waals surface area contributed by atoms with Gasteiger partial charge in [-0.25, -0.2) is 4.79 Å². The van der Waals surface area contributed by atoms with Crippen LogP contribution in [0.15, 0.2) is 0 Å². The summed E-state index contributed by atoms with van der Waals surface area (Å²) >= 11 is 0. The summed E-state index contributed by atoms with van der Waals surface area (Å²) in [6.45, 7) is 6.68. The Morgan fingerprint density at radius 2 is 1.87 bits per heavy atom. The molecule has 0 heterocycles. The van der Waals surface area contributed by atoms with Gasteiger partial charge in [-0.2, -0.15) is 0 Å². The Kier molecular flexibility index (Phi) is 5.28. The topological polar surface area (TPSA) is 78.4 Å². The highest BCUT2D eigenvalue weighted by atomic mass is 16.4. The second-order valence-electron chi connectivity index (χ2n) is 4.66. The van der Waals surface area contributed by atoms with Gasteiger partial charge in [-0.1, -0.05) is 20.8 Å². The van der Waals surface area contributed by atoms with Crippen molar-refractivity contribution in [3.8, 4) is 0 Å². The molecule has 5 heteroatoms. The van der Waals surface area contributed by atoms with Crippen molar-refractivity contribution in [2.75, 3.05) is 13.6 Å². The van der Waals surface area contributed by atoms with Crippen LogP contribution in [0.1, 0.15) is 27.2 Å². The number of nitrogens with one attached hydrogen (secondary N) is 2. The van der Waals surface area contributed by atoms with Crippen molar-refractivity contribution in [1.29, 1.82) is 0 Å². The smallest absolute Gasteiger partial charge is 0.330 e. The summed E-state index contributed by atoms with van der Waals surface area (Å²) in [5.41, 5.74) is 0.131. The molecule has 3 N–H and O–H groups in total. The number of amides is 1. The Balaban J connectivity index is 3.98. The predicted molar refractivity (Wildman–Crippen MR) is 57.6 cm³/mol. The van der Waals surface area contributed by atoms with E-state index < -0.39 is 17.9 Å². The fourth-order valence-corrected chi connectivity index (χ4v) is 1.03. The summed E-state index contributed by atoms with van der Waals surface area (Å²) < 4.78 is 0. The Hall–Kier alpha value is -1.10. The van der Waals surface area contributed by atoms with Gasteiger partial charge in [0, 0.05) is 6.54 Å². The van der Waals surface area contributed by atoms with Crippen molar-refractivity contribution >= 4 is 11.9 Å². The normalized spacial score (nSPS) is 13.3. The van der Waals surface area contributed by atoms with Gasteiger partial charge in [-0.3, -0.25) is 10.1 Å². The van der Waals surface area contributed by atoms with Crippen molar-refractivity contribution in [3.05, 3.63) is 0 Å². The summed E-state index contributed by atoms with van der Waals surface area (Å²) in [5.74, 6) is -1.65. The van der Waals surface area contributed by atoms with E-state index in [1.54, 1.807) is 0 Å². The molecule has 15 heavy (non-hydrogen) atoms. The van der Waals surface area contributed by atoms with E-state index in [2.05, 4.69) is 31.4 Å². The van der Waals surface area contributed by atoms with Crippen LogP contribution in [0.25, 0.3) is 0 Å². The minimum atomic E-state index is -1.16. The molecule has 0 aromatic carbocycles. The van der Waals surface area contributed by atoms with E-state index in [0.29, 0.717) is 6.54 Å². The Labute approximate surface area is 90.2 Å². The monoisotopic (exact) mass is 216 g/mol. The number of rotatable bonds is 5. The molecule has 1 atom stereocenters. The van der Waals surface area contributed by atoms with E-state index in [-0.39, 0.29) is 5.41 Å². The van der Waals surface area contributed by atoms with Crippen LogP contribution in [-0.4, -0.2) is 36.6 Å². The minimum absolute atomic E-state index is 0.131. The Morgan fingerprint density at radius 1 is 1.33 bits per heavy atom. The molecular formula is C10H20N2O3. The van der Waals surface area contributed by atoms with Gasteiger partial charge in [0.15, 0.2) is 6.04 Å². The van der Waals surface area contributed by atoms with E-state index >= 15 is 0 Å². The molecule has 1 amide bonds. The molecule has 0 aliphatic carbocycles. The molecule has 0 aliphatic heterocycles. The molecule has 88 valence electrons. The fourth-order valence-electron chi connectivity index (χ4n) is 1.03. The second-order valence-corrected chi connectivity index (χ2v) is 4.66. The van der Waals surface area contributed by atoms with Crippen LogP contribution >= 0.6 is 0 Å². The molecule has 0 saturated carbocycles. The zero-order valence-corrected chi connectivity index (χ0v) is 9.76. The van der Waals surface area contributed by atoms with Crippen LogP contribution in [0.4, 0.5) is 0 Å². The number of likely N-dealkylation sites (N-methyl/N-ethyl adjacent to an activating group) is 1. The number of hydrogen-bond donors (Lipinski definition) is 3. The van der Waals surface area contributed by atoms with Crippen molar-refractivity contribution < 1.29 is 14.7 Å². The highest BCUT2D eigenvalue weighted by Crippen LogP contribution is 2.16. The fraction of sp³-hybridized carbons (Fsp3) is 0.800. The quantitative estimate of drug-likeness (QED) is 0.574. The van der Waals surface area contributed by atoms with E-state index in [1.165, 1.54) is 7.05 Å². The summed E-state index contributed by atoms with van der Waals surface area (Å²) in [5, 5.41) is 13.7. The third-order valence-electron chi connectivity index (χ3n) is 1.97. The molecule has 0 spiro atoms. The third-order valence-corrected chi connectivity index (χ3v) is 1.97. The lowest BCUT2D eigenvalue weighted by Gasteiger charge is -2.19. The molecule has 0 aromatic rings. The van der Waals surface area contributed by atoms with E-state index in [9.17, 15) is 9.59 Å². The average Bonchev–Trinajstić information content (AvgIpc) is 2.01. The van der Waals surface area contributed by atoms with Gasteiger partial charge in [0.1, 0.15) is 0 Å². The maximum atomic E-state index is 11.3. The van der Waals surface area contributed by atoms with Crippen molar-refractivity contribution in [3.63, 3.8) is 0 Å². The van der Waals surface area contributed by atoms with Gasteiger partial charge in [-0.05, 0) is 18.9 Å². The number of aliphatic carboxylic acids is 1. The zero-order chi connectivity index (χ0) is 12.1. The van der Waals surface area contributed by atoms with Crippen molar-refractivity contribution in [2.45, 2.75) is 33.2 Å². The predicted octanol–water partition coefficient (Wildman–Crippen LogP) is 0.211. The van der Waals surface area contributed by atoms with E-state index in [4.69, 9.17) is 5.11 Å². The Bertz CT molecular complexity index is 233. The highest BCUT2D eigenvalue weighted by Gasteiger charge is 2.23. The summed E-state index contributed by atoms with van der Waals surface area (Å²) in [7, 11) is 1.45. The number of carboxylic acids is 1. The number of carboxylic acid groups (broad SMARTS) is 1. The lowest BCUT2D eigenvalue weighted by atomic mass is 9.92. The molecule has 0 bridgehead atoms. The van der Waals surface area contributed by atoms with Gasteiger partial charge in [0.2, 0.25) is 5.91 Å². The first-order valence-electron chi connectivity index (χ1n) is 4.95. The first-order chi connectivity index (χ1) is 6.78. The second kappa shape index (κ2) is 5.70. The van der Waals surface area contributed by atoms with Crippen LogP contribution in [0, 0.1) is 5.41 Å². The van der Waals surface area contributed by atoms with Crippen molar-refractivity contribution in [2.24, 2.45) is 5.41 Å². The summed E-state index contributed by atoms with van der Waals surface area (Å²) in [6, 6.07) is -1.16. The molecule has 0 aliphatic rings. The number of hydrogen-bond acceptors (Lipinski definition) is 3. The molecule has 1 unspecified atom stereocenters. The SMILES string of the molecule is CNC(C(=O)O)C(=O)NCCC(C)(C)C. The average molecular weight is 216 g/mol. The first kappa shape index (κ1) is 13.9. The third kappa shape index (κ3) is 6.06. The zero-order valence-electron chi connectivity index (χ0n) is 9.76. The molecule has 5 nitrogen and oxygen atoms in total. The standard InChI is InChI=1S/C10H20N2O3/c1-10(2,3)5-6-12-8(13)7(11-4)9(14)15/h7,11H,5-6H2,1-4H3,(H,12,13)(H,14,15). The minimum Gasteiger partial charge on any atom is -0.480 e. The van der Waals surface area contributed by atoms with Crippen LogP contribution in [-0.2, 0) is 9.59 Å². The summed E-state index contributed by atoms with van der Waals surface area (Å²) in [6.07, 6.45) is 0.814. The maximum absolute atomic E-state index is 11.3. The van der Waals surface area contributed by atoms with Crippen molar-refractivity contribution in [1.82, 2.24) is 10.6 Å². The van der Waals surface area contributed by atoms with E-state index in [0.717, 1.165) is 6.42 Å². The van der Waals surface area contributed by atoms with Gasteiger partial charge in [0.05, 0.1) is 0 Å². The van der Waals surface area contributed by atoms with Gasteiger partial charge in [-0.15, -0.1) is 0 Å². The molecule has 0 rings (SSSR count). The number of carbonyl (C=O) groups is 2. The molecular weight excluding hydrogens is 196 g/mol. The Morgan fingerprint density at radius 3 is 2.20 bits per heavy atom. The number of carbonyl (C=O) groups excluding carboxylic acids is 1. The molecule has 0 fully saturated rings. The van der Waals surface area contributed by atoms with Gasteiger partial charge < -0.3 is 10.4 Å². The van der Waals surface area contributed by atoms with E-state index in [1.807, 2.05) is 0 Å². The van der Waals surface area contributed by atoms with Crippen LogP contribution < -0.4 is 10.6 Å². The lowest BCUT2D eigenvalue weighted by Crippen LogP contribution is -2.48. The molecule has 0 saturated heterocycles. The maximum Gasteiger partial charge on any atom is 0.330 e. The van der Waals surface area contributed by atoms with Gasteiger partial charge >= 0.3 is 5.97 Å². The molecule has 0 radical (unpaired) electrons. The molecule has 0 aromatic heterocycles.